The first-order valence-corrected chi connectivity index (χ1v) is 12.3. The first-order chi connectivity index (χ1) is 17.7. The summed E-state index contributed by atoms with van der Waals surface area (Å²) in [6.45, 7) is 5.16. The van der Waals surface area contributed by atoms with Crippen molar-refractivity contribution in [1.29, 1.82) is 0 Å². The number of hydrogen-bond acceptors (Lipinski definition) is 3. The normalized spacial score (nSPS) is 11.3. The fraction of sp³-hybridized carbons (Fsp3) is 0.357. The summed E-state index contributed by atoms with van der Waals surface area (Å²) in [6.07, 6.45) is 0.171. The number of rotatable bonds is 11. The summed E-state index contributed by atoms with van der Waals surface area (Å²) in [5, 5.41) is 2.87. The number of halogens is 3. The number of unbranched alkanes of at least 4 members (excludes halogenated alkanes) is 2. The third kappa shape index (κ3) is 8.13. The fourth-order valence-corrected chi connectivity index (χ4v) is 3.90. The van der Waals surface area contributed by atoms with E-state index in [1.807, 2.05) is 16.7 Å². The predicted octanol–water partition coefficient (Wildman–Crippen LogP) is 6.96. The van der Waals surface area contributed by atoms with Gasteiger partial charge in [-0.3, -0.25) is 0 Å². The van der Waals surface area contributed by atoms with E-state index in [4.69, 9.17) is 4.74 Å². The third-order valence-corrected chi connectivity index (χ3v) is 5.85. The third-order valence-electron chi connectivity index (χ3n) is 5.85. The minimum Gasteiger partial charge on any atom is -0.462 e. The lowest BCUT2D eigenvalue weighted by atomic mass is 10.1. The van der Waals surface area contributed by atoms with Crippen LogP contribution in [-0.4, -0.2) is 34.6 Å². The maximum absolute atomic E-state index is 13.2. The molecule has 1 N–H and O–H groups in total. The number of hydrogen-bond donors (Lipinski definition) is 1. The SMILES string of the molecule is CCCCCN(Cc1cccn1Cc1cccc(C(F)(F)F)c1)C(=O)Nc1ccc(C(=O)OCC)cc1. The Morgan fingerprint density at radius 3 is 2.43 bits per heavy atom. The second-order valence-corrected chi connectivity index (χ2v) is 8.68. The maximum Gasteiger partial charge on any atom is 0.416 e. The van der Waals surface area contributed by atoms with Gasteiger partial charge in [0.15, 0.2) is 0 Å². The van der Waals surface area contributed by atoms with Crippen LogP contribution in [0.25, 0.3) is 0 Å². The maximum atomic E-state index is 13.2. The number of ether oxygens (including phenoxy) is 1. The minimum atomic E-state index is -4.40. The number of benzene rings is 2. The van der Waals surface area contributed by atoms with Gasteiger partial charge in [0.25, 0.3) is 0 Å². The molecule has 0 bridgehead atoms. The molecule has 9 heteroatoms. The lowest BCUT2D eigenvalue weighted by Crippen LogP contribution is -2.36. The predicted molar refractivity (Wildman–Crippen MR) is 136 cm³/mol. The summed E-state index contributed by atoms with van der Waals surface area (Å²) < 4.78 is 46.2. The molecule has 0 saturated heterocycles. The topological polar surface area (TPSA) is 63.6 Å². The lowest BCUT2D eigenvalue weighted by Gasteiger charge is -2.24. The molecule has 0 saturated carbocycles. The number of urea groups is 1. The summed E-state index contributed by atoms with van der Waals surface area (Å²) in [6, 6.07) is 15.1. The van der Waals surface area contributed by atoms with Gasteiger partial charge in [0.05, 0.1) is 24.3 Å². The second kappa shape index (κ2) is 13.0. The van der Waals surface area contributed by atoms with Gasteiger partial charge in [-0.1, -0.05) is 31.9 Å². The standard InChI is InChI=1S/C28H32F3N3O3/c1-3-5-6-16-34(27(36)32-24-14-12-22(13-15-24)26(35)37-4-2)20-25-11-8-17-33(25)19-21-9-7-10-23(18-21)28(29,30)31/h7-15,17-18H,3-6,16,19-20H2,1-2H3,(H,32,36). The number of alkyl halides is 3. The molecule has 198 valence electrons. The molecule has 0 aliphatic heterocycles. The second-order valence-electron chi connectivity index (χ2n) is 8.68. The van der Waals surface area contributed by atoms with Gasteiger partial charge >= 0.3 is 18.2 Å². The average Bonchev–Trinajstić information content (AvgIpc) is 3.30. The number of carbonyl (C=O) groups is 2. The Kier molecular flexibility index (Phi) is 9.77. The van der Waals surface area contributed by atoms with E-state index in [-0.39, 0.29) is 19.2 Å². The van der Waals surface area contributed by atoms with Crippen LogP contribution in [0, 0.1) is 0 Å². The Labute approximate surface area is 215 Å². The van der Waals surface area contributed by atoms with Crippen molar-refractivity contribution in [1.82, 2.24) is 9.47 Å². The quantitative estimate of drug-likeness (QED) is 0.222. The lowest BCUT2D eigenvalue weighted by molar-refractivity contribution is -0.137. The molecule has 1 heterocycles. The van der Waals surface area contributed by atoms with Gasteiger partial charge in [-0.25, -0.2) is 9.59 Å². The van der Waals surface area contributed by atoms with Gasteiger partial charge in [0.1, 0.15) is 0 Å². The van der Waals surface area contributed by atoms with Crippen LogP contribution in [0.5, 0.6) is 0 Å². The molecule has 2 aromatic carbocycles. The van der Waals surface area contributed by atoms with Crippen molar-refractivity contribution in [2.75, 3.05) is 18.5 Å². The molecular weight excluding hydrogens is 483 g/mol. The molecule has 0 fully saturated rings. The largest absolute Gasteiger partial charge is 0.462 e. The highest BCUT2D eigenvalue weighted by Crippen LogP contribution is 2.29. The zero-order valence-electron chi connectivity index (χ0n) is 21.1. The zero-order valence-corrected chi connectivity index (χ0v) is 21.1. The van der Waals surface area contributed by atoms with Gasteiger partial charge < -0.3 is 19.5 Å². The number of nitrogens with one attached hydrogen (secondary N) is 1. The van der Waals surface area contributed by atoms with Crippen LogP contribution in [0.4, 0.5) is 23.7 Å². The van der Waals surface area contributed by atoms with E-state index in [2.05, 4.69) is 12.2 Å². The van der Waals surface area contributed by atoms with E-state index < -0.39 is 17.7 Å². The van der Waals surface area contributed by atoms with Crippen LogP contribution in [0.15, 0.2) is 66.9 Å². The number of esters is 1. The van der Waals surface area contributed by atoms with Gasteiger partial charge in [-0.05, 0) is 67.4 Å². The molecular formula is C28H32F3N3O3. The van der Waals surface area contributed by atoms with Crippen molar-refractivity contribution in [2.45, 2.75) is 52.4 Å². The first kappa shape index (κ1) is 27.8. The van der Waals surface area contributed by atoms with E-state index in [0.29, 0.717) is 29.9 Å². The fourth-order valence-electron chi connectivity index (χ4n) is 3.90. The summed E-state index contributed by atoms with van der Waals surface area (Å²) in [5.74, 6) is -0.428. The molecule has 0 aliphatic carbocycles. The molecule has 0 spiro atoms. The van der Waals surface area contributed by atoms with Crippen molar-refractivity contribution in [3.05, 3.63) is 89.2 Å². The molecule has 0 unspecified atom stereocenters. The Balaban J connectivity index is 1.73. The Morgan fingerprint density at radius 2 is 1.76 bits per heavy atom. The van der Waals surface area contributed by atoms with Gasteiger partial charge in [0.2, 0.25) is 0 Å². The average molecular weight is 516 g/mol. The Hall–Kier alpha value is -3.75. The molecule has 0 radical (unpaired) electrons. The molecule has 2 amide bonds. The van der Waals surface area contributed by atoms with Gasteiger partial charge in [0, 0.05) is 30.7 Å². The minimum absolute atomic E-state index is 0.256. The molecule has 0 atom stereocenters. The summed E-state index contributed by atoms with van der Waals surface area (Å²) in [5.41, 5.74) is 1.58. The van der Waals surface area contributed by atoms with E-state index >= 15 is 0 Å². The van der Waals surface area contributed by atoms with E-state index in [1.165, 1.54) is 6.07 Å². The van der Waals surface area contributed by atoms with Crippen LogP contribution in [0.2, 0.25) is 0 Å². The molecule has 37 heavy (non-hydrogen) atoms. The molecule has 3 rings (SSSR count). The zero-order chi connectivity index (χ0) is 26.8. The number of aromatic nitrogens is 1. The van der Waals surface area contributed by atoms with Crippen molar-refractivity contribution in [3.63, 3.8) is 0 Å². The van der Waals surface area contributed by atoms with E-state index in [1.54, 1.807) is 48.4 Å². The van der Waals surface area contributed by atoms with E-state index in [9.17, 15) is 22.8 Å². The summed E-state index contributed by atoms with van der Waals surface area (Å²) >= 11 is 0. The monoisotopic (exact) mass is 515 g/mol. The molecule has 0 aliphatic rings. The van der Waals surface area contributed by atoms with Crippen molar-refractivity contribution in [3.8, 4) is 0 Å². The number of amides is 2. The van der Waals surface area contributed by atoms with Crippen molar-refractivity contribution < 1.29 is 27.5 Å². The van der Waals surface area contributed by atoms with Crippen molar-refractivity contribution in [2.24, 2.45) is 0 Å². The highest BCUT2D eigenvalue weighted by molar-refractivity contribution is 5.92. The summed E-state index contributed by atoms with van der Waals surface area (Å²) in [7, 11) is 0. The van der Waals surface area contributed by atoms with Crippen LogP contribution in [0.3, 0.4) is 0 Å². The first-order valence-electron chi connectivity index (χ1n) is 12.3. The van der Waals surface area contributed by atoms with Crippen LogP contribution < -0.4 is 5.32 Å². The van der Waals surface area contributed by atoms with E-state index in [0.717, 1.165) is 37.1 Å². The number of nitrogens with zero attached hydrogens (tertiary/aromatic N) is 2. The highest BCUT2D eigenvalue weighted by Gasteiger charge is 2.30. The molecule has 3 aromatic rings. The van der Waals surface area contributed by atoms with Crippen molar-refractivity contribution >= 4 is 17.7 Å². The van der Waals surface area contributed by atoms with Gasteiger partial charge in [-0.2, -0.15) is 13.2 Å². The van der Waals surface area contributed by atoms with Gasteiger partial charge in [-0.15, -0.1) is 0 Å². The molecule has 6 nitrogen and oxygen atoms in total. The number of carbonyl (C=O) groups excluding carboxylic acids is 2. The summed E-state index contributed by atoms with van der Waals surface area (Å²) in [4.78, 5) is 26.7. The Morgan fingerprint density at radius 1 is 1.00 bits per heavy atom. The van der Waals surface area contributed by atoms with Crippen LogP contribution in [0.1, 0.15) is 60.3 Å². The smallest absolute Gasteiger partial charge is 0.416 e. The van der Waals surface area contributed by atoms with Crippen LogP contribution >= 0.6 is 0 Å². The number of anilines is 1. The van der Waals surface area contributed by atoms with Crippen LogP contribution in [-0.2, 0) is 24.0 Å². The Bertz CT molecular complexity index is 1170. The molecule has 1 aromatic heterocycles. The highest BCUT2D eigenvalue weighted by atomic mass is 19.4.